The highest BCUT2D eigenvalue weighted by molar-refractivity contribution is 7.84. The van der Waals surface area contributed by atoms with Crippen LogP contribution in [0.1, 0.15) is 38.5 Å². The monoisotopic (exact) mass is 405 g/mol. The van der Waals surface area contributed by atoms with E-state index in [0.29, 0.717) is 30.5 Å². The summed E-state index contributed by atoms with van der Waals surface area (Å²) in [7, 11) is -0.914. The Labute approximate surface area is 165 Å². The van der Waals surface area contributed by atoms with E-state index in [0.717, 1.165) is 42.7 Å². The molecular weight excluding hydrogens is 382 g/mol. The van der Waals surface area contributed by atoms with Crippen molar-refractivity contribution in [2.75, 3.05) is 25.1 Å². The second kappa shape index (κ2) is 8.65. The number of carbonyl (C=O) groups excluding carboxylic acids is 1. The van der Waals surface area contributed by atoms with Gasteiger partial charge in [-0.25, -0.2) is 0 Å². The fourth-order valence-electron chi connectivity index (χ4n) is 3.41. The number of carbonyl (C=O) groups is 1. The molecule has 0 radical (unpaired) electrons. The van der Waals surface area contributed by atoms with E-state index in [1.54, 1.807) is 11.3 Å². The van der Waals surface area contributed by atoms with Crippen LogP contribution in [0.5, 0.6) is 0 Å². The highest BCUT2D eigenvalue weighted by Crippen LogP contribution is 2.28. The Hall–Kier alpha value is -1.54. The van der Waals surface area contributed by atoms with Gasteiger partial charge in [-0.15, -0.1) is 11.3 Å². The Balaban J connectivity index is 1.40. The predicted molar refractivity (Wildman–Crippen MR) is 108 cm³/mol. The smallest absolute Gasteiger partial charge is 0.265 e. The number of fused-ring (bicyclic) bond motifs is 1. The minimum atomic E-state index is -0.914. The molecule has 0 aliphatic carbocycles. The van der Waals surface area contributed by atoms with Crippen LogP contribution in [0.25, 0.3) is 0 Å². The summed E-state index contributed by atoms with van der Waals surface area (Å²) in [5.41, 5.74) is 2.85. The minimum Gasteiger partial charge on any atom is -0.381 e. The van der Waals surface area contributed by atoms with E-state index < -0.39 is 10.8 Å². The second-order valence-electron chi connectivity index (χ2n) is 6.85. The van der Waals surface area contributed by atoms with Crippen LogP contribution in [0, 0.1) is 0 Å². The lowest BCUT2D eigenvalue weighted by Gasteiger charge is -2.21. The number of ether oxygens (including phenoxy) is 2. The second-order valence-corrected chi connectivity index (χ2v) is 9.71. The number of nitrogens with one attached hydrogen (secondary N) is 1. The van der Waals surface area contributed by atoms with E-state index in [-0.39, 0.29) is 11.2 Å². The van der Waals surface area contributed by atoms with Gasteiger partial charge in [-0.2, -0.15) is 0 Å². The molecule has 7 heteroatoms. The molecule has 2 aliphatic heterocycles. The first-order valence-corrected chi connectivity index (χ1v) is 11.4. The molecule has 0 spiro atoms. The van der Waals surface area contributed by atoms with Crippen LogP contribution in [0.15, 0.2) is 30.3 Å². The molecule has 0 saturated carbocycles. The number of hydrogen-bond acceptors (Lipinski definition) is 5. The summed E-state index contributed by atoms with van der Waals surface area (Å²) in [6, 6.07) is 9.59. The van der Waals surface area contributed by atoms with Crippen molar-refractivity contribution >= 4 is 33.7 Å². The van der Waals surface area contributed by atoms with Gasteiger partial charge in [-0.05, 0) is 42.2 Å². The Morgan fingerprint density at radius 3 is 2.85 bits per heavy atom. The quantitative estimate of drug-likeness (QED) is 0.827. The van der Waals surface area contributed by atoms with Crippen LogP contribution in [0.3, 0.4) is 0 Å². The zero-order valence-corrected chi connectivity index (χ0v) is 16.7. The van der Waals surface area contributed by atoms with Crippen molar-refractivity contribution in [3.8, 4) is 0 Å². The van der Waals surface area contributed by atoms with Crippen molar-refractivity contribution in [1.82, 2.24) is 0 Å². The fraction of sp³-hybridized carbons (Fsp3) is 0.450. The summed E-state index contributed by atoms with van der Waals surface area (Å²) >= 11 is 1.54. The third-order valence-electron chi connectivity index (χ3n) is 4.89. The molecule has 1 aromatic heterocycles. The number of anilines is 1. The van der Waals surface area contributed by atoms with Gasteiger partial charge < -0.3 is 14.8 Å². The SMILES string of the molecule is O=C(Nc1cccc(CS(=O)C2CCOCC2)c1)c1cc2c(s1)CCOC2. The summed E-state index contributed by atoms with van der Waals surface area (Å²) in [5.74, 6) is 0.413. The molecule has 3 heterocycles. The molecular formula is C20H23NO4S2. The number of hydrogen-bond donors (Lipinski definition) is 1. The van der Waals surface area contributed by atoms with Crippen molar-refractivity contribution in [3.05, 3.63) is 51.2 Å². The van der Waals surface area contributed by atoms with Gasteiger partial charge in [0.2, 0.25) is 0 Å². The van der Waals surface area contributed by atoms with E-state index in [1.165, 1.54) is 4.88 Å². The van der Waals surface area contributed by atoms with E-state index in [1.807, 2.05) is 30.3 Å². The van der Waals surface area contributed by atoms with Crippen molar-refractivity contribution in [2.45, 2.75) is 36.9 Å². The molecule has 5 nitrogen and oxygen atoms in total. The summed E-state index contributed by atoms with van der Waals surface area (Å²) in [6.07, 6.45) is 2.59. The lowest BCUT2D eigenvalue weighted by molar-refractivity contribution is 0.0991. The molecule has 4 rings (SSSR count). The molecule has 0 bridgehead atoms. The molecule has 27 heavy (non-hydrogen) atoms. The van der Waals surface area contributed by atoms with Gasteiger partial charge in [-0.3, -0.25) is 9.00 Å². The molecule has 1 atom stereocenters. The summed E-state index contributed by atoms with van der Waals surface area (Å²) in [6.45, 7) is 2.71. The minimum absolute atomic E-state index is 0.0999. The molecule has 1 N–H and O–H groups in total. The highest BCUT2D eigenvalue weighted by atomic mass is 32.2. The summed E-state index contributed by atoms with van der Waals surface area (Å²) < 4.78 is 23.4. The summed E-state index contributed by atoms with van der Waals surface area (Å²) in [4.78, 5) is 14.5. The van der Waals surface area contributed by atoms with Crippen LogP contribution < -0.4 is 5.32 Å². The maximum atomic E-state index is 12.6. The van der Waals surface area contributed by atoms with Crippen LogP contribution in [0.2, 0.25) is 0 Å². The van der Waals surface area contributed by atoms with E-state index in [2.05, 4.69) is 5.32 Å². The normalized spacial score (nSPS) is 18.7. The van der Waals surface area contributed by atoms with Gasteiger partial charge >= 0.3 is 0 Å². The average molecular weight is 406 g/mol. The molecule has 144 valence electrons. The molecule has 1 saturated heterocycles. The lowest BCUT2D eigenvalue weighted by Crippen LogP contribution is -2.25. The number of benzene rings is 1. The van der Waals surface area contributed by atoms with Crippen LogP contribution in [-0.4, -0.2) is 35.2 Å². The zero-order valence-electron chi connectivity index (χ0n) is 15.1. The molecule has 2 aromatic rings. The van der Waals surface area contributed by atoms with Gasteiger partial charge in [0.25, 0.3) is 5.91 Å². The molecule has 1 amide bonds. The molecule has 1 aromatic carbocycles. The zero-order chi connectivity index (χ0) is 18.6. The Morgan fingerprint density at radius 1 is 1.19 bits per heavy atom. The first kappa shape index (κ1) is 18.8. The predicted octanol–water partition coefficient (Wildman–Crippen LogP) is 3.50. The van der Waals surface area contributed by atoms with Crippen molar-refractivity contribution in [1.29, 1.82) is 0 Å². The molecule has 1 fully saturated rings. The summed E-state index contributed by atoms with van der Waals surface area (Å²) in [5, 5.41) is 3.18. The fourth-order valence-corrected chi connectivity index (χ4v) is 5.92. The van der Waals surface area contributed by atoms with Crippen LogP contribution in [0.4, 0.5) is 5.69 Å². The molecule has 1 unspecified atom stereocenters. The van der Waals surface area contributed by atoms with Gasteiger partial charge in [0.15, 0.2) is 0 Å². The largest absolute Gasteiger partial charge is 0.381 e. The van der Waals surface area contributed by atoms with Gasteiger partial charge in [0.05, 0.1) is 18.1 Å². The number of amides is 1. The highest BCUT2D eigenvalue weighted by Gasteiger charge is 2.21. The Morgan fingerprint density at radius 2 is 2.04 bits per heavy atom. The van der Waals surface area contributed by atoms with E-state index in [4.69, 9.17) is 9.47 Å². The Kier molecular flexibility index (Phi) is 6.02. The first-order valence-electron chi connectivity index (χ1n) is 9.23. The number of rotatable bonds is 5. The third kappa shape index (κ3) is 4.66. The van der Waals surface area contributed by atoms with Crippen molar-refractivity contribution in [2.24, 2.45) is 0 Å². The maximum absolute atomic E-state index is 12.6. The average Bonchev–Trinajstić information content (AvgIpc) is 3.13. The standard InChI is InChI=1S/C20H23NO4S2/c22-20(19-11-15-12-25-9-6-18(15)26-19)21-16-3-1-2-14(10-16)13-27(23)17-4-7-24-8-5-17/h1-3,10-11,17H,4-9,12-13H2,(H,21,22). The van der Waals surface area contributed by atoms with Crippen molar-refractivity contribution in [3.63, 3.8) is 0 Å². The van der Waals surface area contributed by atoms with Crippen molar-refractivity contribution < 1.29 is 18.5 Å². The number of thiophene rings is 1. The van der Waals surface area contributed by atoms with E-state index in [9.17, 15) is 9.00 Å². The van der Waals surface area contributed by atoms with Gasteiger partial charge in [-0.1, -0.05) is 12.1 Å². The third-order valence-corrected chi connectivity index (χ3v) is 7.95. The Bertz CT molecular complexity index is 819. The van der Waals surface area contributed by atoms with Gasteiger partial charge in [0.1, 0.15) is 0 Å². The van der Waals surface area contributed by atoms with Crippen LogP contribution in [-0.2, 0) is 39.1 Å². The van der Waals surface area contributed by atoms with Crippen LogP contribution >= 0.6 is 11.3 Å². The van der Waals surface area contributed by atoms with E-state index >= 15 is 0 Å². The van der Waals surface area contributed by atoms with Gasteiger partial charge in [0, 0.05) is 52.0 Å². The maximum Gasteiger partial charge on any atom is 0.265 e. The molecule has 2 aliphatic rings. The first-order chi connectivity index (χ1) is 13.2. The topological polar surface area (TPSA) is 64.6 Å². The lowest BCUT2D eigenvalue weighted by atomic mass is 10.2.